The van der Waals surface area contributed by atoms with Gasteiger partial charge in [-0.15, -0.1) is 0 Å². The molecule has 2 fully saturated rings. The third-order valence-electron chi connectivity index (χ3n) is 6.24. The minimum absolute atomic E-state index is 0.0872. The van der Waals surface area contributed by atoms with E-state index in [-0.39, 0.29) is 17.7 Å². The molecule has 0 bridgehead atoms. The van der Waals surface area contributed by atoms with Crippen LogP contribution in [0.4, 0.5) is 10.3 Å². The van der Waals surface area contributed by atoms with Gasteiger partial charge < -0.3 is 10.2 Å². The average Bonchev–Trinajstić information content (AvgIpc) is 3.34. The SMILES string of the molecule is Cc1cc(C)nc(N2CC3CNC(C(=O)c4cc(F)ccc4-c4ccccn4)C3C2)n1. The Morgan fingerprint density at radius 2 is 1.90 bits per heavy atom. The fourth-order valence-electron chi connectivity index (χ4n) is 4.85. The summed E-state index contributed by atoms with van der Waals surface area (Å²) in [6.07, 6.45) is 1.68. The maximum atomic E-state index is 14.1. The van der Waals surface area contributed by atoms with E-state index in [1.807, 2.05) is 38.1 Å². The number of fused-ring (bicyclic) bond motifs is 1. The summed E-state index contributed by atoms with van der Waals surface area (Å²) in [5.74, 6) is 0.658. The van der Waals surface area contributed by atoms with Gasteiger partial charge in [0.2, 0.25) is 5.95 Å². The van der Waals surface area contributed by atoms with Crippen LogP contribution in [0.25, 0.3) is 11.3 Å². The number of nitrogens with one attached hydrogen (secondary N) is 1. The monoisotopic (exact) mass is 417 g/mol. The molecule has 0 saturated carbocycles. The molecule has 31 heavy (non-hydrogen) atoms. The van der Waals surface area contributed by atoms with E-state index in [2.05, 4.69) is 25.2 Å². The van der Waals surface area contributed by atoms with Gasteiger partial charge in [0.1, 0.15) is 5.82 Å². The van der Waals surface area contributed by atoms with Crippen LogP contribution in [0.2, 0.25) is 0 Å². The van der Waals surface area contributed by atoms with Crippen LogP contribution >= 0.6 is 0 Å². The number of carbonyl (C=O) groups is 1. The Bertz CT molecular complexity index is 1120. The highest BCUT2D eigenvalue weighted by atomic mass is 19.1. The fraction of sp³-hybridized carbons (Fsp3) is 0.333. The Morgan fingerprint density at radius 3 is 2.65 bits per heavy atom. The molecular weight excluding hydrogens is 393 g/mol. The van der Waals surface area contributed by atoms with Gasteiger partial charge >= 0.3 is 0 Å². The Kier molecular flexibility index (Phi) is 4.98. The first kappa shape index (κ1) is 19.8. The van der Waals surface area contributed by atoms with Crippen molar-refractivity contribution in [2.45, 2.75) is 19.9 Å². The number of benzene rings is 1. The Morgan fingerprint density at radius 1 is 1.10 bits per heavy atom. The largest absolute Gasteiger partial charge is 0.340 e. The number of Topliss-reactive ketones (excluding diaryl/α,β-unsaturated/α-hetero) is 1. The molecule has 3 aromatic rings. The first-order valence-electron chi connectivity index (χ1n) is 10.6. The van der Waals surface area contributed by atoms with Crippen molar-refractivity contribution in [3.63, 3.8) is 0 Å². The van der Waals surface area contributed by atoms with E-state index in [4.69, 9.17) is 0 Å². The molecule has 1 aromatic carbocycles. The van der Waals surface area contributed by atoms with Gasteiger partial charge in [0, 0.05) is 54.3 Å². The van der Waals surface area contributed by atoms with Crippen molar-refractivity contribution in [1.29, 1.82) is 0 Å². The normalized spacial score (nSPS) is 22.5. The second-order valence-electron chi connectivity index (χ2n) is 8.43. The zero-order valence-corrected chi connectivity index (χ0v) is 17.5. The van der Waals surface area contributed by atoms with Crippen molar-refractivity contribution in [1.82, 2.24) is 20.3 Å². The van der Waals surface area contributed by atoms with Gasteiger partial charge in [-0.3, -0.25) is 9.78 Å². The Hall–Kier alpha value is -3.19. The summed E-state index contributed by atoms with van der Waals surface area (Å²) < 4.78 is 14.1. The van der Waals surface area contributed by atoms with Gasteiger partial charge in [0.25, 0.3) is 0 Å². The van der Waals surface area contributed by atoms with Crippen LogP contribution in [0, 0.1) is 31.5 Å². The van der Waals surface area contributed by atoms with Crippen LogP contribution in [0.5, 0.6) is 0 Å². The maximum Gasteiger partial charge on any atom is 0.225 e. The van der Waals surface area contributed by atoms with Gasteiger partial charge in [0.15, 0.2) is 5.78 Å². The van der Waals surface area contributed by atoms with Crippen LogP contribution in [-0.2, 0) is 0 Å². The van der Waals surface area contributed by atoms with Crippen LogP contribution in [0.3, 0.4) is 0 Å². The number of carbonyl (C=O) groups excluding carboxylic acids is 1. The van der Waals surface area contributed by atoms with Gasteiger partial charge in [-0.05, 0) is 56.2 Å². The lowest BCUT2D eigenvalue weighted by molar-refractivity contribution is 0.0931. The summed E-state index contributed by atoms with van der Waals surface area (Å²) in [7, 11) is 0. The predicted molar refractivity (Wildman–Crippen MR) is 116 cm³/mol. The number of aromatic nitrogens is 3. The van der Waals surface area contributed by atoms with Crippen LogP contribution in [-0.4, -0.2) is 46.4 Å². The topological polar surface area (TPSA) is 71.0 Å². The molecule has 2 saturated heterocycles. The van der Waals surface area contributed by atoms with Crippen molar-refractivity contribution in [2.75, 3.05) is 24.5 Å². The highest BCUT2D eigenvalue weighted by molar-refractivity contribution is 6.05. The lowest BCUT2D eigenvalue weighted by Crippen LogP contribution is -2.39. The summed E-state index contributed by atoms with van der Waals surface area (Å²) >= 11 is 0. The van der Waals surface area contributed by atoms with E-state index in [0.717, 1.165) is 30.4 Å². The highest BCUT2D eigenvalue weighted by Crippen LogP contribution is 2.35. The van der Waals surface area contributed by atoms with Gasteiger partial charge in [0.05, 0.1) is 11.7 Å². The minimum atomic E-state index is -0.422. The van der Waals surface area contributed by atoms with Crippen molar-refractivity contribution >= 4 is 11.7 Å². The molecule has 0 amide bonds. The van der Waals surface area contributed by atoms with Gasteiger partial charge in [-0.1, -0.05) is 6.07 Å². The van der Waals surface area contributed by atoms with E-state index in [0.29, 0.717) is 29.3 Å². The first-order chi connectivity index (χ1) is 15.0. The zero-order valence-electron chi connectivity index (χ0n) is 17.5. The van der Waals surface area contributed by atoms with E-state index in [1.54, 1.807) is 12.3 Å². The summed E-state index contributed by atoms with van der Waals surface area (Å²) in [4.78, 5) is 29.3. The molecule has 158 valence electrons. The molecule has 2 aliphatic rings. The quantitative estimate of drug-likeness (QED) is 0.658. The summed E-state index contributed by atoms with van der Waals surface area (Å²) in [6, 6.07) is 11.5. The number of ketones is 1. The fourth-order valence-corrected chi connectivity index (χ4v) is 4.85. The van der Waals surface area contributed by atoms with E-state index < -0.39 is 5.82 Å². The molecular formula is C24H24FN5O. The third-order valence-corrected chi connectivity index (χ3v) is 6.24. The molecule has 2 aliphatic heterocycles. The van der Waals surface area contributed by atoms with Gasteiger partial charge in [-0.25, -0.2) is 14.4 Å². The van der Waals surface area contributed by atoms with E-state index in [1.165, 1.54) is 12.1 Å². The molecule has 3 atom stereocenters. The van der Waals surface area contributed by atoms with Crippen molar-refractivity contribution in [3.05, 3.63) is 71.4 Å². The molecule has 0 spiro atoms. The number of hydrogen-bond acceptors (Lipinski definition) is 6. The molecule has 6 nitrogen and oxygen atoms in total. The van der Waals surface area contributed by atoms with E-state index in [9.17, 15) is 9.18 Å². The van der Waals surface area contributed by atoms with Crippen LogP contribution in [0.15, 0.2) is 48.7 Å². The van der Waals surface area contributed by atoms with Gasteiger partial charge in [-0.2, -0.15) is 0 Å². The van der Waals surface area contributed by atoms with Crippen molar-refractivity contribution in [2.24, 2.45) is 11.8 Å². The number of pyridine rings is 1. The Balaban J connectivity index is 1.43. The summed E-state index contributed by atoms with van der Waals surface area (Å²) in [6.45, 7) is 6.18. The Labute approximate surface area is 180 Å². The molecule has 7 heteroatoms. The number of hydrogen-bond donors (Lipinski definition) is 1. The molecule has 5 rings (SSSR count). The van der Waals surface area contributed by atoms with Crippen molar-refractivity contribution < 1.29 is 9.18 Å². The number of halogens is 1. The molecule has 2 aromatic heterocycles. The molecule has 0 aliphatic carbocycles. The third kappa shape index (κ3) is 3.70. The molecule has 4 heterocycles. The maximum absolute atomic E-state index is 14.1. The molecule has 0 radical (unpaired) electrons. The number of anilines is 1. The lowest BCUT2D eigenvalue weighted by Gasteiger charge is -2.22. The standard InChI is InChI=1S/C24H24FN5O/c1-14-9-15(2)29-24(28-14)30-12-16-11-27-22(20(16)13-30)23(31)19-10-17(25)6-7-18(19)21-5-3-4-8-26-21/h3-10,16,20,22,27H,11-13H2,1-2H3. The smallest absolute Gasteiger partial charge is 0.225 e. The average molecular weight is 417 g/mol. The number of aryl methyl sites for hydroxylation is 2. The first-order valence-corrected chi connectivity index (χ1v) is 10.6. The van der Waals surface area contributed by atoms with Crippen LogP contribution in [0.1, 0.15) is 21.7 Å². The summed E-state index contributed by atoms with van der Waals surface area (Å²) in [5, 5.41) is 3.39. The zero-order chi connectivity index (χ0) is 21.5. The number of nitrogens with zero attached hydrogens (tertiary/aromatic N) is 4. The summed E-state index contributed by atoms with van der Waals surface area (Å²) in [5.41, 5.74) is 3.56. The minimum Gasteiger partial charge on any atom is -0.340 e. The molecule has 3 unspecified atom stereocenters. The number of rotatable bonds is 4. The predicted octanol–water partition coefficient (Wildman–Crippen LogP) is 3.20. The molecule has 1 N–H and O–H groups in total. The lowest BCUT2D eigenvalue weighted by atomic mass is 9.87. The highest BCUT2D eigenvalue weighted by Gasteiger charge is 2.46. The van der Waals surface area contributed by atoms with Crippen LogP contribution < -0.4 is 10.2 Å². The van der Waals surface area contributed by atoms with E-state index >= 15 is 0 Å². The van der Waals surface area contributed by atoms with Crippen molar-refractivity contribution in [3.8, 4) is 11.3 Å². The second kappa shape index (κ2) is 7.81. The second-order valence-corrected chi connectivity index (χ2v) is 8.43.